The molecule has 0 saturated heterocycles. The SMILES string of the molecule is C=Nc1c(/C=C\C)cncc1-n1c(=O)[nH]c2cc(-c3ccccc3Cl)sc2c1=O. The van der Waals surface area contributed by atoms with Crippen LogP contribution in [0.25, 0.3) is 32.4 Å². The predicted octanol–water partition coefficient (Wildman–Crippen LogP) is 4.82. The van der Waals surface area contributed by atoms with Crippen LogP contribution in [0.15, 0.2) is 63.4 Å². The first-order valence-electron chi connectivity index (χ1n) is 8.66. The van der Waals surface area contributed by atoms with E-state index in [1.807, 2.05) is 31.2 Å². The smallest absolute Gasteiger partial charge is 0.306 e. The third-order valence-electron chi connectivity index (χ3n) is 4.39. The minimum Gasteiger partial charge on any atom is -0.306 e. The average Bonchev–Trinajstić information content (AvgIpc) is 3.13. The molecule has 0 aliphatic rings. The number of H-pyrrole nitrogens is 1. The number of nitrogens with one attached hydrogen (secondary N) is 1. The van der Waals surface area contributed by atoms with Crippen LogP contribution in [0, 0.1) is 0 Å². The van der Waals surface area contributed by atoms with E-state index < -0.39 is 11.2 Å². The van der Waals surface area contributed by atoms with E-state index in [4.69, 9.17) is 11.6 Å². The number of benzene rings is 1. The topological polar surface area (TPSA) is 80.1 Å². The highest BCUT2D eigenvalue weighted by atomic mass is 35.5. The van der Waals surface area contributed by atoms with Gasteiger partial charge < -0.3 is 4.98 Å². The van der Waals surface area contributed by atoms with Crippen LogP contribution in [0.4, 0.5) is 5.69 Å². The van der Waals surface area contributed by atoms with E-state index in [-0.39, 0.29) is 5.69 Å². The molecule has 0 aliphatic carbocycles. The molecule has 0 spiro atoms. The zero-order valence-electron chi connectivity index (χ0n) is 15.3. The largest absolute Gasteiger partial charge is 0.333 e. The predicted molar refractivity (Wildman–Crippen MR) is 120 cm³/mol. The lowest BCUT2D eigenvalue weighted by Gasteiger charge is -2.09. The molecule has 144 valence electrons. The zero-order chi connectivity index (χ0) is 20.5. The average molecular weight is 423 g/mol. The van der Waals surface area contributed by atoms with Gasteiger partial charge in [0.15, 0.2) is 0 Å². The molecule has 0 radical (unpaired) electrons. The maximum absolute atomic E-state index is 13.2. The first-order chi connectivity index (χ1) is 14.0. The number of hydrogen-bond donors (Lipinski definition) is 1. The third kappa shape index (κ3) is 3.24. The molecule has 0 bridgehead atoms. The van der Waals surface area contributed by atoms with E-state index in [0.717, 1.165) is 15.0 Å². The monoisotopic (exact) mass is 422 g/mol. The van der Waals surface area contributed by atoms with Crippen LogP contribution < -0.4 is 11.2 Å². The summed E-state index contributed by atoms with van der Waals surface area (Å²) in [7, 11) is 0. The second-order valence-electron chi connectivity index (χ2n) is 6.16. The fourth-order valence-corrected chi connectivity index (χ4v) is 4.49. The third-order valence-corrected chi connectivity index (χ3v) is 5.87. The Kier molecular flexibility index (Phi) is 5.00. The van der Waals surface area contributed by atoms with Crippen molar-refractivity contribution in [3.63, 3.8) is 0 Å². The molecule has 3 aromatic heterocycles. The molecule has 6 nitrogen and oxygen atoms in total. The quantitative estimate of drug-likeness (QED) is 0.479. The van der Waals surface area contributed by atoms with Crippen LogP contribution in [0.5, 0.6) is 0 Å². The summed E-state index contributed by atoms with van der Waals surface area (Å²) < 4.78 is 1.45. The maximum atomic E-state index is 13.2. The first-order valence-corrected chi connectivity index (χ1v) is 9.86. The van der Waals surface area contributed by atoms with Crippen LogP contribution in [0.1, 0.15) is 12.5 Å². The lowest BCUT2D eigenvalue weighted by atomic mass is 10.2. The summed E-state index contributed by atoms with van der Waals surface area (Å²) in [5.74, 6) is 0. The minimum absolute atomic E-state index is 0.274. The summed E-state index contributed by atoms with van der Waals surface area (Å²) >= 11 is 7.56. The Morgan fingerprint density at radius 2 is 2.07 bits per heavy atom. The van der Waals surface area contributed by atoms with Crippen LogP contribution >= 0.6 is 22.9 Å². The Hall–Kier alpha value is -3.29. The van der Waals surface area contributed by atoms with Crippen LogP contribution in [0.2, 0.25) is 5.02 Å². The number of hydrogen-bond acceptors (Lipinski definition) is 5. The molecule has 1 aromatic carbocycles. The number of pyridine rings is 1. The molecule has 1 N–H and O–H groups in total. The molecule has 3 heterocycles. The van der Waals surface area contributed by atoms with Gasteiger partial charge in [-0.1, -0.05) is 42.0 Å². The highest BCUT2D eigenvalue weighted by molar-refractivity contribution is 7.22. The maximum Gasteiger partial charge on any atom is 0.333 e. The van der Waals surface area contributed by atoms with Gasteiger partial charge >= 0.3 is 5.69 Å². The van der Waals surface area contributed by atoms with Crippen LogP contribution in [-0.4, -0.2) is 21.3 Å². The van der Waals surface area contributed by atoms with Gasteiger partial charge in [-0.05, 0) is 25.8 Å². The van der Waals surface area contributed by atoms with Crippen molar-refractivity contribution >= 4 is 51.6 Å². The molecule has 0 fully saturated rings. The molecular formula is C21H15ClN4O2S. The van der Waals surface area contributed by atoms with Gasteiger partial charge in [0.1, 0.15) is 4.70 Å². The van der Waals surface area contributed by atoms with Crippen molar-refractivity contribution in [2.45, 2.75) is 6.92 Å². The lowest BCUT2D eigenvalue weighted by molar-refractivity contribution is 0.897. The van der Waals surface area contributed by atoms with E-state index >= 15 is 0 Å². The number of aromatic nitrogens is 3. The number of allylic oxidation sites excluding steroid dienone is 1. The van der Waals surface area contributed by atoms with E-state index in [0.29, 0.717) is 26.5 Å². The second-order valence-corrected chi connectivity index (χ2v) is 7.62. The van der Waals surface area contributed by atoms with Crippen molar-refractivity contribution < 1.29 is 0 Å². The molecule has 0 aliphatic heterocycles. The lowest BCUT2D eigenvalue weighted by Crippen LogP contribution is -2.33. The van der Waals surface area contributed by atoms with E-state index in [9.17, 15) is 9.59 Å². The number of aliphatic imine (C=N–C) groups is 1. The van der Waals surface area contributed by atoms with Gasteiger partial charge in [0, 0.05) is 27.2 Å². The number of thiophene rings is 1. The summed E-state index contributed by atoms with van der Waals surface area (Å²) in [6.45, 7) is 5.44. The van der Waals surface area contributed by atoms with Gasteiger partial charge in [-0.2, -0.15) is 0 Å². The van der Waals surface area contributed by atoms with E-state index in [1.54, 1.807) is 24.4 Å². The van der Waals surface area contributed by atoms with Crippen molar-refractivity contribution in [1.82, 2.24) is 14.5 Å². The van der Waals surface area contributed by atoms with Crippen molar-refractivity contribution in [3.8, 4) is 16.1 Å². The summed E-state index contributed by atoms with van der Waals surface area (Å²) in [5, 5.41) is 0.572. The highest BCUT2D eigenvalue weighted by Gasteiger charge is 2.17. The minimum atomic E-state index is -0.574. The first kappa shape index (κ1) is 19.0. The summed E-state index contributed by atoms with van der Waals surface area (Å²) in [5.41, 5.74) is 1.58. The van der Waals surface area contributed by atoms with Gasteiger partial charge in [-0.15, -0.1) is 11.3 Å². The summed E-state index contributed by atoms with van der Waals surface area (Å²) in [6, 6.07) is 9.11. The molecule has 0 unspecified atom stereocenters. The van der Waals surface area contributed by atoms with Crippen LogP contribution in [-0.2, 0) is 0 Å². The molecule has 8 heteroatoms. The Morgan fingerprint density at radius 3 is 2.79 bits per heavy atom. The molecule has 29 heavy (non-hydrogen) atoms. The summed E-state index contributed by atoms with van der Waals surface area (Å²) in [6.07, 6.45) is 6.65. The van der Waals surface area contributed by atoms with Gasteiger partial charge in [0.25, 0.3) is 5.56 Å². The van der Waals surface area contributed by atoms with Crippen LogP contribution in [0.3, 0.4) is 0 Å². The molecule has 0 amide bonds. The highest BCUT2D eigenvalue weighted by Crippen LogP contribution is 2.35. The van der Waals surface area contributed by atoms with Crippen molar-refractivity contribution in [3.05, 3.63) is 80.2 Å². The number of halogens is 1. The number of fused-ring (bicyclic) bond motifs is 1. The van der Waals surface area contributed by atoms with Gasteiger partial charge in [0.2, 0.25) is 0 Å². The Labute approximate surface area is 174 Å². The molecule has 0 atom stereocenters. The van der Waals surface area contributed by atoms with Crippen molar-refractivity contribution in [2.24, 2.45) is 4.99 Å². The van der Waals surface area contributed by atoms with Gasteiger partial charge in [0.05, 0.1) is 23.1 Å². The van der Waals surface area contributed by atoms with E-state index in [1.165, 1.54) is 17.5 Å². The fraction of sp³-hybridized carbons (Fsp3) is 0.0476. The number of nitrogens with zero attached hydrogens (tertiary/aromatic N) is 3. The molecular weight excluding hydrogens is 408 g/mol. The number of aromatic amines is 1. The molecule has 0 saturated carbocycles. The summed E-state index contributed by atoms with van der Waals surface area (Å²) in [4.78, 5) is 37.8. The zero-order valence-corrected chi connectivity index (χ0v) is 16.9. The second kappa shape index (κ2) is 7.62. The normalized spacial score (nSPS) is 11.4. The van der Waals surface area contributed by atoms with Gasteiger partial charge in [-0.25, -0.2) is 9.36 Å². The van der Waals surface area contributed by atoms with Crippen molar-refractivity contribution in [1.29, 1.82) is 0 Å². The Morgan fingerprint density at radius 1 is 1.28 bits per heavy atom. The van der Waals surface area contributed by atoms with Gasteiger partial charge in [-0.3, -0.25) is 14.8 Å². The number of rotatable bonds is 4. The Bertz CT molecular complexity index is 1400. The standard InChI is InChI=1S/C21H15ClN4O2S/c1-3-6-12-10-24-11-16(18(12)23-2)26-20(27)19-15(25-21(26)28)9-17(29-19)13-7-4-5-8-14(13)22/h3-11H,2H2,1H3,(H,25,28)/b6-3-. The molecule has 4 aromatic rings. The van der Waals surface area contributed by atoms with Crippen molar-refractivity contribution in [2.75, 3.05) is 0 Å². The fourth-order valence-electron chi connectivity index (χ4n) is 3.12. The molecule has 4 rings (SSSR count). The Balaban J connectivity index is 2.00. The van der Waals surface area contributed by atoms with E-state index in [2.05, 4.69) is 21.7 Å².